The van der Waals surface area contributed by atoms with Crippen molar-refractivity contribution in [2.45, 2.75) is 39.2 Å². The quantitative estimate of drug-likeness (QED) is 0.894. The second-order valence-corrected chi connectivity index (χ2v) is 5.59. The molecule has 1 atom stereocenters. The summed E-state index contributed by atoms with van der Waals surface area (Å²) in [5, 5.41) is 3.42. The number of rotatable bonds is 5. The monoisotopic (exact) mass is 274 g/mol. The van der Waals surface area contributed by atoms with Gasteiger partial charge in [-0.3, -0.25) is 4.79 Å². The number of amides is 1. The maximum atomic E-state index is 12.7. The third-order valence-electron chi connectivity index (χ3n) is 4.28. The van der Waals surface area contributed by atoms with E-state index in [-0.39, 0.29) is 5.92 Å². The van der Waals surface area contributed by atoms with Crippen LogP contribution in [0.2, 0.25) is 0 Å². The Morgan fingerprint density at radius 1 is 1.30 bits per heavy atom. The van der Waals surface area contributed by atoms with Gasteiger partial charge in [0.2, 0.25) is 5.91 Å². The third-order valence-corrected chi connectivity index (χ3v) is 4.28. The number of hydrogen-bond acceptors (Lipinski definition) is 2. The summed E-state index contributed by atoms with van der Waals surface area (Å²) in [5.41, 5.74) is 1.31. The smallest absolute Gasteiger partial charge is 0.226 e. The van der Waals surface area contributed by atoms with Crippen LogP contribution in [-0.4, -0.2) is 36.5 Å². The van der Waals surface area contributed by atoms with Gasteiger partial charge in [-0.15, -0.1) is 0 Å². The number of carbonyl (C=O) groups excluding carboxylic acids is 1. The molecule has 1 saturated heterocycles. The summed E-state index contributed by atoms with van der Waals surface area (Å²) in [6.07, 6.45) is 2.83. The molecule has 1 N–H and O–H groups in total. The van der Waals surface area contributed by atoms with Crippen LogP contribution in [0.1, 0.15) is 32.3 Å². The largest absolute Gasteiger partial charge is 0.337 e. The fraction of sp³-hybridized carbons (Fsp3) is 0.588. The molecule has 1 amide bonds. The summed E-state index contributed by atoms with van der Waals surface area (Å²) in [4.78, 5) is 14.8. The van der Waals surface area contributed by atoms with Crippen molar-refractivity contribution in [3.63, 3.8) is 0 Å². The van der Waals surface area contributed by atoms with E-state index in [1.54, 1.807) is 0 Å². The van der Waals surface area contributed by atoms with Crippen molar-refractivity contribution >= 4 is 5.91 Å². The van der Waals surface area contributed by atoms with Crippen molar-refractivity contribution in [1.82, 2.24) is 10.2 Å². The van der Waals surface area contributed by atoms with Crippen LogP contribution in [-0.2, 0) is 11.2 Å². The van der Waals surface area contributed by atoms with E-state index < -0.39 is 0 Å². The number of hydrogen-bond donors (Lipinski definition) is 1. The first-order valence-corrected chi connectivity index (χ1v) is 7.81. The van der Waals surface area contributed by atoms with Crippen molar-refractivity contribution in [1.29, 1.82) is 0 Å². The molecule has 1 aromatic rings. The van der Waals surface area contributed by atoms with Crippen molar-refractivity contribution in [3.05, 3.63) is 35.9 Å². The minimum atomic E-state index is 0.186. The van der Waals surface area contributed by atoms with Crippen molar-refractivity contribution in [2.75, 3.05) is 19.6 Å². The first kappa shape index (κ1) is 15.0. The maximum absolute atomic E-state index is 12.7. The number of benzene rings is 1. The van der Waals surface area contributed by atoms with Crippen LogP contribution in [0, 0.1) is 5.92 Å². The Labute approximate surface area is 122 Å². The van der Waals surface area contributed by atoms with E-state index in [0.29, 0.717) is 11.9 Å². The zero-order chi connectivity index (χ0) is 14.4. The van der Waals surface area contributed by atoms with Crippen LogP contribution < -0.4 is 5.32 Å². The predicted octanol–water partition coefficient (Wildman–Crippen LogP) is 2.47. The molecular formula is C17H26N2O. The normalized spacial score (nSPS) is 19.4. The van der Waals surface area contributed by atoms with E-state index in [9.17, 15) is 4.79 Å². The van der Waals surface area contributed by atoms with Gasteiger partial charge in [0.25, 0.3) is 0 Å². The highest BCUT2D eigenvalue weighted by Gasteiger charge is 2.29. The predicted molar refractivity (Wildman–Crippen MR) is 82.6 cm³/mol. The third kappa shape index (κ3) is 3.60. The van der Waals surface area contributed by atoms with Gasteiger partial charge in [-0.25, -0.2) is 0 Å². The molecule has 1 aliphatic heterocycles. The van der Waals surface area contributed by atoms with Gasteiger partial charge >= 0.3 is 0 Å². The molecule has 2 rings (SSSR count). The molecule has 0 aliphatic carbocycles. The van der Waals surface area contributed by atoms with Gasteiger partial charge in [0.15, 0.2) is 0 Å². The fourth-order valence-corrected chi connectivity index (χ4v) is 2.99. The zero-order valence-corrected chi connectivity index (χ0v) is 12.6. The maximum Gasteiger partial charge on any atom is 0.226 e. The summed E-state index contributed by atoms with van der Waals surface area (Å²) in [5.74, 6) is 0.531. The molecule has 20 heavy (non-hydrogen) atoms. The first-order valence-electron chi connectivity index (χ1n) is 7.81. The zero-order valence-electron chi connectivity index (χ0n) is 12.6. The summed E-state index contributed by atoms with van der Waals surface area (Å²) >= 11 is 0. The second kappa shape index (κ2) is 7.44. The van der Waals surface area contributed by atoms with Gasteiger partial charge in [-0.05, 0) is 24.8 Å². The average molecular weight is 274 g/mol. The highest BCUT2D eigenvalue weighted by molar-refractivity contribution is 5.79. The molecule has 1 fully saturated rings. The van der Waals surface area contributed by atoms with Gasteiger partial charge in [0.1, 0.15) is 0 Å². The van der Waals surface area contributed by atoms with Crippen molar-refractivity contribution in [2.24, 2.45) is 5.92 Å². The Morgan fingerprint density at radius 2 is 2.00 bits per heavy atom. The van der Waals surface area contributed by atoms with Crippen LogP contribution in [0.5, 0.6) is 0 Å². The van der Waals surface area contributed by atoms with Gasteiger partial charge in [-0.2, -0.15) is 0 Å². The average Bonchev–Trinajstić information content (AvgIpc) is 2.50. The number of piperazine rings is 1. The molecule has 3 nitrogen and oxygen atoms in total. The highest BCUT2D eigenvalue weighted by atomic mass is 16.2. The molecule has 1 aromatic carbocycles. The number of nitrogens with one attached hydrogen (secondary N) is 1. The lowest BCUT2D eigenvalue weighted by Crippen LogP contribution is -2.55. The number of nitrogens with zero attached hydrogens (tertiary/aromatic N) is 1. The van der Waals surface area contributed by atoms with Gasteiger partial charge in [0.05, 0.1) is 0 Å². The lowest BCUT2D eigenvalue weighted by Gasteiger charge is -2.38. The Kier molecular flexibility index (Phi) is 5.60. The Bertz CT molecular complexity index is 414. The molecule has 1 heterocycles. The van der Waals surface area contributed by atoms with Gasteiger partial charge in [0, 0.05) is 31.6 Å². The van der Waals surface area contributed by atoms with Gasteiger partial charge in [-0.1, -0.05) is 44.2 Å². The number of carbonyl (C=O) groups is 1. The van der Waals surface area contributed by atoms with E-state index in [4.69, 9.17) is 0 Å². The van der Waals surface area contributed by atoms with E-state index in [0.717, 1.165) is 38.9 Å². The van der Waals surface area contributed by atoms with Crippen molar-refractivity contribution < 1.29 is 4.79 Å². The molecular weight excluding hydrogens is 248 g/mol. The van der Waals surface area contributed by atoms with E-state index in [1.807, 2.05) is 6.07 Å². The van der Waals surface area contributed by atoms with Crippen LogP contribution in [0.3, 0.4) is 0 Å². The molecule has 110 valence electrons. The van der Waals surface area contributed by atoms with Crippen molar-refractivity contribution in [3.8, 4) is 0 Å². The van der Waals surface area contributed by atoms with Crippen LogP contribution >= 0.6 is 0 Å². The molecule has 1 unspecified atom stereocenters. The Morgan fingerprint density at radius 3 is 2.65 bits per heavy atom. The minimum absolute atomic E-state index is 0.186. The Hall–Kier alpha value is -1.35. The molecule has 1 aliphatic rings. The topological polar surface area (TPSA) is 32.3 Å². The molecule has 0 radical (unpaired) electrons. The molecule has 0 saturated carbocycles. The van der Waals surface area contributed by atoms with Gasteiger partial charge < -0.3 is 10.2 Å². The summed E-state index contributed by atoms with van der Waals surface area (Å²) in [6.45, 7) is 6.88. The SMILES string of the molecule is CCC(CC)C(=O)N1CCNCC1Cc1ccccc1. The highest BCUT2D eigenvalue weighted by Crippen LogP contribution is 2.18. The minimum Gasteiger partial charge on any atom is -0.337 e. The molecule has 0 spiro atoms. The standard InChI is InChI=1S/C17H26N2O/c1-3-15(4-2)17(20)19-11-10-18-13-16(19)12-14-8-6-5-7-9-14/h5-9,15-16,18H,3-4,10-13H2,1-2H3. The summed E-state index contributed by atoms with van der Waals surface area (Å²) < 4.78 is 0. The molecule has 0 bridgehead atoms. The lowest BCUT2D eigenvalue weighted by atomic mass is 9.97. The first-order chi connectivity index (χ1) is 9.76. The van der Waals surface area contributed by atoms with Crippen LogP contribution in [0.4, 0.5) is 0 Å². The van der Waals surface area contributed by atoms with Crippen LogP contribution in [0.15, 0.2) is 30.3 Å². The van der Waals surface area contributed by atoms with E-state index >= 15 is 0 Å². The summed E-state index contributed by atoms with van der Waals surface area (Å²) in [6, 6.07) is 10.8. The fourth-order valence-electron chi connectivity index (χ4n) is 2.99. The van der Waals surface area contributed by atoms with E-state index in [1.165, 1.54) is 5.56 Å². The summed E-state index contributed by atoms with van der Waals surface area (Å²) in [7, 11) is 0. The Balaban J connectivity index is 2.07. The molecule has 0 aromatic heterocycles. The van der Waals surface area contributed by atoms with E-state index in [2.05, 4.69) is 48.3 Å². The lowest BCUT2D eigenvalue weighted by molar-refractivity contribution is -0.139. The van der Waals surface area contributed by atoms with Crippen LogP contribution in [0.25, 0.3) is 0 Å². The second-order valence-electron chi connectivity index (χ2n) is 5.59. The molecule has 3 heteroatoms.